The molecular weight excluding hydrogens is 450 g/mol. The summed E-state index contributed by atoms with van der Waals surface area (Å²) in [7, 11) is 1.66. The molecule has 5 nitrogen and oxygen atoms in total. The van der Waals surface area contributed by atoms with Crippen molar-refractivity contribution >= 4 is 28.6 Å². The van der Waals surface area contributed by atoms with Gasteiger partial charge in [-0.2, -0.15) is 0 Å². The van der Waals surface area contributed by atoms with Crippen LogP contribution in [0.25, 0.3) is 16.8 Å². The maximum atomic E-state index is 12.8. The molecule has 1 aliphatic heterocycles. The molecule has 1 amide bonds. The minimum atomic E-state index is -0.738. The zero-order valence-corrected chi connectivity index (χ0v) is 20.9. The number of hydrogen-bond acceptors (Lipinski definition) is 4. The average Bonchev–Trinajstić information content (AvgIpc) is 2.88. The minimum Gasteiger partial charge on any atom is -0.497 e. The van der Waals surface area contributed by atoms with E-state index in [1.54, 1.807) is 7.11 Å². The van der Waals surface area contributed by atoms with Crippen molar-refractivity contribution in [2.45, 2.75) is 26.4 Å². The van der Waals surface area contributed by atoms with Crippen molar-refractivity contribution in [1.82, 2.24) is 0 Å². The Balaban J connectivity index is 1.58. The summed E-state index contributed by atoms with van der Waals surface area (Å²) in [5, 5.41) is 4.57. The molecule has 182 valence electrons. The topological polar surface area (TPSA) is 56.8 Å². The van der Waals surface area contributed by atoms with Crippen molar-refractivity contribution in [2.24, 2.45) is 5.41 Å². The van der Waals surface area contributed by atoms with Crippen LogP contribution in [0, 0.1) is 5.41 Å². The molecule has 1 N–H and O–H groups in total. The average molecular weight is 480 g/mol. The van der Waals surface area contributed by atoms with Crippen molar-refractivity contribution < 1.29 is 19.0 Å². The van der Waals surface area contributed by atoms with Gasteiger partial charge in [-0.3, -0.25) is 5.32 Å². The highest BCUT2D eigenvalue weighted by molar-refractivity contribution is 5.99. The molecule has 0 bridgehead atoms. The van der Waals surface area contributed by atoms with Gasteiger partial charge in [0.15, 0.2) is 5.60 Å². The van der Waals surface area contributed by atoms with Gasteiger partial charge >= 0.3 is 6.09 Å². The van der Waals surface area contributed by atoms with Crippen molar-refractivity contribution in [3.05, 3.63) is 102 Å². The first-order chi connectivity index (χ1) is 17.3. The molecule has 0 saturated heterocycles. The van der Waals surface area contributed by atoms with Crippen LogP contribution in [0.15, 0.2) is 91.0 Å². The third kappa shape index (κ3) is 4.17. The molecule has 1 unspecified atom stereocenters. The van der Waals surface area contributed by atoms with E-state index in [4.69, 9.17) is 14.2 Å². The summed E-state index contributed by atoms with van der Waals surface area (Å²) < 4.78 is 18.0. The van der Waals surface area contributed by atoms with Crippen molar-refractivity contribution in [3.63, 3.8) is 0 Å². The Kier molecular flexibility index (Phi) is 5.92. The summed E-state index contributed by atoms with van der Waals surface area (Å²) in [5.74, 6) is 1.88. The molecular formula is C31H29NO4. The van der Waals surface area contributed by atoms with E-state index >= 15 is 0 Å². The maximum Gasteiger partial charge on any atom is 0.417 e. The number of ether oxygens (including phenoxy) is 3. The number of fused-ring (bicyclic) bond motifs is 3. The number of anilines is 1. The lowest BCUT2D eigenvalue weighted by Gasteiger charge is -2.45. The summed E-state index contributed by atoms with van der Waals surface area (Å²) >= 11 is 0. The number of nitrogens with one attached hydrogen (secondary N) is 1. The number of benzene rings is 4. The van der Waals surface area contributed by atoms with E-state index in [1.807, 2.05) is 84.9 Å². The Bertz CT molecular complexity index is 1440. The second-order valence-corrected chi connectivity index (χ2v) is 9.86. The molecule has 0 fully saturated rings. The SMILES string of the molecule is COc1ccc(C2(C(C)(C)C)C=Cc3c(cc(OC(=O)Nc4ccccc4)c4ccccc34)O2)cc1. The van der Waals surface area contributed by atoms with Crippen LogP contribution in [-0.2, 0) is 5.60 Å². The lowest BCUT2D eigenvalue weighted by atomic mass is 9.70. The Hall–Kier alpha value is -4.25. The molecule has 0 aromatic heterocycles. The number of carbonyl (C=O) groups excluding carboxylic acids is 1. The zero-order valence-electron chi connectivity index (χ0n) is 20.9. The van der Waals surface area contributed by atoms with E-state index in [0.717, 1.165) is 27.6 Å². The van der Waals surface area contributed by atoms with Gasteiger partial charge in [0.2, 0.25) is 0 Å². The molecule has 1 atom stereocenters. The third-order valence-corrected chi connectivity index (χ3v) is 6.62. The van der Waals surface area contributed by atoms with Gasteiger partial charge in [0.25, 0.3) is 0 Å². The maximum absolute atomic E-state index is 12.8. The minimum absolute atomic E-state index is 0.285. The summed E-state index contributed by atoms with van der Waals surface area (Å²) in [4.78, 5) is 12.8. The molecule has 36 heavy (non-hydrogen) atoms. The Morgan fingerprint density at radius 2 is 1.56 bits per heavy atom. The fourth-order valence-corrected chi connectivity index (χ4v) is 4.68. The lowest BCUT2D eigenvalue weighted by Crippen LogP contribution is -2.45. The van der Waals surface area contributed by atoms with Crippen LogP contribution >= 0.6 is 0 Å². The Labute approximate surface area is 211 Å². The fraction of sp³-hybridized carbons (Fsp3) is 0.194. The standard InChI is InChI=1S/C31H29NO4/c1-30(2,3)31(21-14-16-23(34-4)17-15-21)19-18-26-24-12-8-9-13-25(24)27(20-28(26)36-31)35-29(33)32-22-10-6-5-7-11-22/h5-20H,1-4H3,(H,32,33). The van der Waals surface area contributed by atoms with Gasteiger partial charge in [-0.1, -0.05) is 81.4 Å². The van der Waals surface area contributed by atoms with Crippen LogP contribution in [-0.4, -0.2) is 13.2 Å². The molecule has 5 heteroatoms. The first kappa shape index (κ1) is 23.5. The van der Waals surface area contributed by atoms with E-state index < -0.39 is 11.7 Å². The summed E-state index contributed by atoms with van der Waals surface area (Å²) in [6, 6.07) is 26.9. The van der Waals surface area contributed by atoms with Crippen LogP contribution in [0.1, 0.15) is 31.9 Å². The van der Waals surface area contributed by atoms with Gasteiger partial charge in [-0.25, -0.2) is 4.79 Å². The van der Waals surface area contributed by atoms with Crippen molar-refractivity contribution in [2.75, 3.05) is 12.4 Å². The monoisotopic (exact) mass is 479 g/mol. The molecule has 1 heterocycles. The van der Waals surface area contributed by atoms with Gasteiger partial charge < -0.3 is 14.2 Å². The van der Waals surface area contributed by atoms with Crippen LogP contribution < -0.4 is 19.5 Å². The summed E-state index contributed by atoms with van der Waals surface area (Å²) in [5.41, 5.74) is 1.60. The van der Waals surface area contributed by atoms with E-state index in [1.165, 1.54) is 0 Å². The predicted molar refractivity (Wildman–Crippen MR) is 144 cm³/mol. The highest BCUT2D eigenvalue weighted by atomic mass is 16.6. The smallest absolute Gasteiger partial charge is 0.417 e. The molecule has 4 aromatic carbocycles. The third-order valence-electron chi connectivity index (χ3n) is 6.62. The van der Waals surface area contributed by atoms with E-state index in [9.17, 15) is 4.79 Å². The van der Waals surface area contributed by atoms with Gasteiger partial charge in [0.05, 0.1) is 7.11 Å². The number of hydrogen-bond donors (Lipinski definition) is 1. The number of methoxy groups -OCH3 is 1. The molecule has 1 aliphatic rings. The molecule has 0 saturated carbocycles. The number of rotatable bonds is 4. The van der Waals surface area contributed by atoms with Crippen LogP contribution in [0.4, 0.5) is 10.5 Å². The van der Waals surface area contributed by atoms with Gasteiger partial charge in [-0.05, 0) is 35.7 Å². The van der Waals surface area contributed by atoms with Crippen molar-refractivity contribution in [1.29, 1.82) is 0 Å². The van der Waals surface area contributed by atoms with Gasteiger partial charge in [-0.15, -0.1) is 0 Å². The number of amides is 1. The quantitative estimate of drug-likeness (QED) is 0.324. The van der Waals surface area contributed by atoms with Crippen LogP contribution in [0.5, 0.6) is 17.2 Å². The van der Waals surface area contributed by atoms with E-state index in [0.29, 0.717) is 17.2 Å². The van der Waals surface area contributed by atoms with Crippen LogP contribution in [0.3, 0.4) is 0 Å². The summed E-state index contributed by atoms with van der Waals surface area (Å²) in [6.07, 6.45) is 3.69. The van der Waals surface area contributed by atoms with E-state index in [2.05, 4.69) is 38.2 Å². The molecule has 4 aromatic rings. The lowest BCUT2D eigenvalue weighted by molar-refractivity contribution is 0.00499. The van der Waals surface area contributed by atoms with Crippen molar-refractivity contribution in [3.8, 4) is 17.2 Å². The first-order valence-electron chi connectivity index (χ1n) is 11.9. The predicted octanol–water partition coefficient (Wildman–Crippen LogP) is 7.81. The van der Waals surface area contributed by atoms with Gasteiger partial charge in [0, 0.05) is 33.7 Å². The van der Waals surface area contributed by atoms with Gasteiger partial charge in [0.1, 0.15) is 17.2 Å². The van der Waals surface area contributed by atoms with Crippen LogP contribution in [0.2, 0.25) is 0 Å². The molecule has 0 radical (unpaired) electrons. The number of para-hydroxylation sites is 1. The highest BCUT2D eigenvalue weighted by Gasteiger charge is 2.46. The van der Waals surface area contributed by atoms with E-state index in [-0.39, 0.29) is 5.41 Å². The first-order valence-corrected chi connectivity index (χ1v) is 11.9. The number of carbonyl (C=O) groups is 1. The zero-order chi connectivity index (χ0) is 25.3. The normalized spacial score (nSPS) is 16.7. The molecule has 0 aliphatic carbocycles. The Morgan fingerprint density at radius 3 is 2.22 bits per heavy atom. The highest BCUT2D eigenvalue weighted by Crippen LogP contribution is 2.50. The summed E-state index contributed by atoms with van der Waals surface area (Å²) in [6.45, 7) is 6.45. The second kappa shape index (κ2) is 9.08. The fourth-order valence-electron chi connectivity index (χ4n) is 4.68. The molecule has 0 spiro atoms. The Morgan fingerprint density at radius 1 is 0.889 bits per heavy atom. The second-order valence-electron chi connectivity index (χ2n) is 9.86. The molecule has 5 rings (SSSR count). The largest absolute Gasteiger partial charge is 0.497 e.